The van der Waals surface area contributed by atoms with Crippen molar-refractivity contribution >= 4 is 16.5 Å². The average Bonchev–Trinajstić information content (AvgIpc) is 2.65. The van der Waals surface area contributed by atoms with E-state index in [0.29, 0.717) is 17.1 Å². The molecule has 0 amide bonds. The summed E-state index contributed by atoms with van der Waals surface area (Å²) >= 11 is 1.50. The Labute approximate surface area is 108 Å². The predicted octanol–water partition coefficient (Wildman–Crippen LogP) is 2.77. The van der Waals surface area contributed by atoms with Gasteiger partial charge >= 0.3 is 0 Å². The first-order chi connectivity index (χ1) is 8.06. The van der Waals surface area contributed by atoms with Gasteiger partial charge in [-0.1, -0.05) is 39.0 Å². The summed E-state index contributed by atoms with van der Waals surface area (Å²) in [6.45, 7) is 11.0. The molecule has 4 nitrogen and oxygen atoms in total. The number of rotatable bonds is 7. The highest BCUT2D eigenvalue weighted by molar-refractivity contribution is 7.15. The summed E-state index contributed by atoms with van der Waals surface area (Å²) in [5.74, 6) is 0.667. The fourth-order valence-corrected chi connectivity index (χ4v) is 2.76. The van der Waals surface area contributed by atoms with Crippen molar-refractivity contribution < 1.29 is 0 Å². The van der Waals surface area contributed by atoms with Gasteiger partial charge in [0.25, 0.3) is 0 Å². The van der Waals surface area contributed by atoms with Gasteiger partial charge in [0.15, 0.2) is 0 Å². The van der Waals surface area contributed by atoms with Crippen LogP contribution in [0.5, 0.6) is 0 Å². The minimum absolute atomic E-state index is 0.564. The zero-order valence-electron chi connectivity index (χ0n) is 11.3. The number of hydrogen-bond acceptors (Lipinski definition) is 5. The Morgan fingerprint density at radius 1 is 1.24 bits per heavy atom. The van der Waals surface area contributed by atoms with Crippen LogP contribution in [0, 0.1) is 5.92 Å². The molecular weight excluding hydrogens is 232 g/mol. The smallest absolute Gasteiger partial charge is 0.203 e. The fourth-order valence-electron chi connectivity index (χ4n) is 2.12. The molecule has 0 aliphatic carbocycles. The highest BCUT2D eigenvalue weighted by Gasteiger charge is 2.18. The van der Waals surface area contributed by atoms with Gasteiger partial charge in [0.1, 0.15) is 5.01 Å². The van der Waals surface area contributed by atoms with E-state index in [1.165, 1.54) is 24.2 Å². The molecule has 0 saturated carbocycles. The van der Waals surface area contributed by atoms with E-state index in [0.717, 1.165) is 18.1 Å². The van der Waals surface area contributed by atoms with E-state index in [2.05, 4.69) is 42.8 Å². The minimum Gasteiger partial charge on any atom is -0.374 e. The van der Waals surface area contributed by atoms with Crippen LogP contribution in [0.4, 0.5) is 5.13 Å². The SMILES string of the molecule is CCC(CC)N(Cc1nnc(N)s1)CC(C)C. The monoisotopic (exact) mass is 256 g/mol. The molecule has 1 aromatic heterocycles. The third-order valence-corrected chi connectivity index (χ3v) is 3.62. The largest absolute Gasteiger partial charge is 0.374 e. The van der Waals surface area contributed by atoms with Gasteiger partial charge in [-0.3, -0.25) is 4.90 Å². The number of anilines is 1. The van der Waals surface area contributed by atoms with E-state index < -0.39 is 0 Å². The third kappa shape index (κ3) is 4.60. The lowest BCUT2D eigenvalue weighted by Crippen LogP contribution is -2.36. The third-order valence-electron chi connectivity index (χ3n) is 2.88. The molecule has 0 aliphatic heterocycles. The molecule has 0 aliphatic rings. The van der Waals surface area contributed by atoms with Crippen molar-refractivity contribution in [1.82, 2.24) is 15.1 Å². The second-order valence-corrected chi connectivity index (χ2v) is 5.92. The Balaban J connectivity index is 2.68. The average molecular weight is 256 g/mol. The first kappa shape index (κ1) is 14.4. The van der Waals surface area contributed by atoms with Crippen molar-refractivity contribution in [3.8, 4) is 0 Å². The van der Waals surface area contributed by atoms with Gasteiger partial charge in [-0.15, -0.1) is 10.2 Å². The number of hydrogen-bond donors (Lipinski definition) is 1. The van der Waals surface area contributed by atoms with E-state index >= 15 is 0 Å². The van der Waals surface area contributed by atoms with Gasteiger partial charge in [0.2, 0.25) is 5.13 Å². The van der Waals surface area contributed by atoms with Gasteiger partial charge in [-0.05, 0) is 18.8 Å². The fraction of sp³-hybridized carbons (Fsp3) is 0.833. The molecule has 0 bridgehead atoms. The van der Waals surface area contributed by atoms with E-state index in [1.807, 2.05) is 0 Å². The summed E-state index contributed by atoms with van der Waals surface area (Å²) in [5, 5.41) is 9.58. The zero-order chi connectivity index (χ0) is 12.8. The molecule has 0 atom stereocenters. The van der Waals surface area contributed by atoms with Crippen molar-refractivity contribution in [2.45, 2.75) is 53.1 Å². The lowest BCUT2D eigenvalue weighted by molar-refractivity contribution is 0.157. The molecular formula is C12H24N4S. The van der Waals surface area contributed by atoms with Gasteiger partial charge in [-0.2, -0.15) is 0 Å². The molecule has 1 aromatic rings. The second kappa shape index (κ2) is 6.91. The van der Waals surface area contributed by atoms with Crippen LogP contribution in [0.25, 0.3) is 0 Å². The maximum atomic E-state index is 5.62. The Morgan fingerprint density at radius 3 is 2.29 bits per heavy atom. The van der Waals surface area contributed by atoms with Crippen molar-refractivity contribution in [2.75, 3.05) is 12.3 Å². The van der Waals surface area contributed by atoms with Crippen LogP contribution in [0.2, 0.25) is 0 Å². The Morgan fingerprint density at radius 2 is 1.88 bits per heavy atom. The molecule has 0 aromatic carbocycles. The molecule has 0 radical (unpaired) electrons. The topological polar surface area (TPSA) is 55.0 Å². The van der Waals surface area contributed by atoms with Crippen LogP contribution in [0.15, 0.2) is 0 Å². The van der Waals surface area contributed by atoms with Crippen LogP contribution < -0.4 is 5.73 Å². The van der Waals surface area contributed by atoms with Crippen molar-refractivity contribution in [2.24, 2.45) is 5.92 Å². The van der Waals surface area contributed by atoms with E-state index in [9.17, 15) is 0 Å². The summed E-state index contributed by atoms with van der Waals surface area (Å²) < 4.78 is 0. The van der Waals surface area contributed by atoms with Crippen molar-refractivity contribution in [3.63, 3.8) is 0 Å². The van der Waals surface area contributed by atoms with E-state index in [4.69, 9.17) is 5.73 Å². The highest BCUT2D eigenvalue weighted by Crippen LogP contribution is 2.18. The van der Waals surface area contributed by atoms with Crippen LogP contribution >= 0.6 is 11.3 Å². The minimum atomic E-state index is 0.564. The summed E-state index contributed by atoms with van der Waals surface area (Å²) in [5.41, 5.74) is 5.62. The lowest BCUT2D eigenvalue weighted by atomic mass is 10.1. The summed E-state index contributed by atoms with van der Waals surface area (Å²) in [7, 11) is 0. The standard InChI is InChI=1S/C12H24N4S/c1-5-10(6-2)16(7-9(3)4)8-11-14-15-12(13)17-11/h9-10H,5-8H2,1-4H3,(H2,13,15). The van der Waals surface area contributed by atoms with Crippen LogP contribution in [-0.4, -0.2) is 27.7 Å². The van der Waals surface area contributed by atoms with Gasteiger partial charge in [0, 0.05) is 12.6 Å². The van der Waals surface area contributed by atoms with E-state index in [1.54, 1.807) is 0 Å². The Kier molecular flexibility index (Phi) is 5.85. The first-order valence-electron chi connectivity index (χ1n) is 6.38. The molecule has 0 fully saturated rings. The maximum absolute atomic E-state index is 5.62. The maximum Gasteiger partial charge on any atom is 0.203 e. The van der Waals surface area contributed by atoms with Crippen LogP contribution in [0.3, 0.4) is 0 Å². The Hall–Kier alpha value is -0.680. The highest BCUT2D eigenvalue weighted by atomic mass is 32.1. The first-order valence-corrected chi connectivity index (χ1v) is 7.20. The molecule has 1 rings (SSSR count). The number of nitrogen functional groups attached to an aromatic ring is 1. The zero-order valence-corrected chi connectivity index (χ0v) is 12.1. The summed E-state index contributed by atoms with van der Waals surface area (Å²) in [6.07, 6.45) is 2.36. The van der Waals surface area contributed by atoms with E-state index in [-0.39, 0.29) is 0 Å². The number of aromatic nitrogens is 2. The lowest BCUT2D eigenvalue weighted by Gasteiger charge is -2.30. The second-order valence-electron chi connectivity index (χ2n) is 4.83. The molecule has 0 saturated heterocycles. The number of nitrogens with two attached hydrogens (primary N) is 1. The summed E-state index contributed by atoms with van der Waals surface area (Å²) in [4.78, 5) is 2.50. The molecule has 98 valence electrons. The van der Waals surface area contributed by atoms with Gasteiger partial charge < -0.3 is 5.73 Å². The van der Waals surface area contributed by atoms with Gasteiger partial charge in [0.05, 0.1) is 6.54 Å². The quantitative estimate of drug-likeness (QED) is 0.815. The summed E-state index contributed by atoms with van der Waals surface area (Å²) in [6, 6.07) is 0.627. The molecule has 2 N–H and O–H groups in total. The van der Waals surface area contributed by atoms with Gasteiger partial charge in [-0.25, -0.2) is 0 Å². The molecule has 0 unspecified atom stereocenters. The van der Waals surface area contributed by atoms with Crippen LogP contribution in [0.1, 0.15) is 45.5 Å². The number of nitrogens with zero attached hydrogens (tertiary/aromatic N) is 3. The molecule has 17 heavy (non-hydrogen) atoms. The molecule has 5 heteroatoms. The van der Waals surface area contributed by atoms with Crippen LogP contribution in [-0.2, 0) is 6.54 Å². The normalized spacial score (nSPS) is 11.9. The predicted molar refractivity (Wildman–Crippen MR) is 73.9 cm³/mol. The Bertz CT molecular complexity index is 320. The van der Waals surface area contributed by atoms with Crippen molar-refractivity contribution in [1.29, 1.82) is 0 Å². The molecule has 0 spiro atoms. The molecule has 1 heterocycles. The van der Waals surface area contributed by atoms with Crippen molar-refractivity contribution in [3.05, 3.63) is 5.01 Å².